The second kappa shape index (κ2) is 8.70. The first-order valence-electron chi connectivity index (χ1n) is 8.93. The summed E-state index contributed by atoms with van der Waals surface area (Å²) < 4.78 is 18.5. The van der Waals surface area contributed by atoms with E-state index in [9.17, 15) is 18.8 Å². The second-order valence-corrected chi connectivity index (χ2v) is 6.71. The third-order valence-electron chi connectivity index (χ3n) is 4.34. The van der Waals surface area contributed by atoms with Crippen LogP contribution in [0.15, 0.2) is 48.5 Å². The number of rotatable bonds is 6. The maximum absolute atomic E-state index is 12.9. The Morgan fingerprint density at radius 1 is 1.17 bits per heavy atom. The lowest BCUT2D eigenvalue weighted by molar-refractivity contribution is -0.125. The molecule has 29 heavy (non-hydrogen) atoms. The lowest BCUT2D eigenvalue weighted by Crippen LogP contribution is -2.51. The van der Waals surface area contributed by atoms with Crippen molar-refractivity contribution in [2.45, 2.75) is 6.10 Å². The average molecular weight is 400 g/mol. The number of ether oxygens (including phenoxy) is 1. The maximum atomic E-state index is 12.9. The highest BCUT2D eigenvalue weighted by Crippen LogP contribution is 2.33. The number of hydrogen-bond donors (Lipinski definition) is 2. The largest absolute Gasteiger partial charge is 0.477 e. The van der Waals surface area contributed by atoms with E-state index < -0.39 is 17.8 Å². The number of fused-ring (bicyclic) bond motifs is 1. The highest BCUT2D eigenvalue weighted by atomic mass is 19.1. The molecule has 3 rings (SSSR count). The first kappa shape index (κ1) is 20.3. The molecule has 2 aromatic carbocycles. The van der Waals surface area contributed by atoms with Crippen molar-refractivity contribution in [1.29, 1.82) is 0 Å². The van der Waals surface area contributed by atoms with Gasteiger partial charge in [0.05, 0.1) is 25.3 Å². The summed E-state index contributed by atoms with van der Waals surface area (Å²) in [6, 6.07) is 12.3. The Balaban J connectivity index is 1.62. The van der Waals surface area contributed by atoms with Crippen LogP contribution in [-0.4, -0.2) is 55.4 Å². The van der Waals surface area contributed by atoms with E-state index in [1.54, 1.807) is 36.2 Å². The highest BCUT2D eigenvalue weighted by molar-refractivity contribution is 5.99. The minimum Gasteiger partial charge on any atom is -0.477 e. The molecule has 0 aromatic heterocycles. The Kier molecular flexibility index (Phi) is 6.08. The third-order valence-corrected chi connectivity index (χ3v) is 4.34. The summed E-state index contributed by atoms with van der Waals surface area (Å²) in [5.74, 6) is -1.31. The van der Waals surface area contributed by atoms with Gasteiger partial charge in [-0.15, -0.1) is 0 Å². The number of para-hydroxylation sites is 2. The summed E-state index contributed by atoms with van der Waals surface area (Å²) in [4.78, 5) is 39.5. The van der Waals surface area contributed by atoms with Crippen LogP contribution in [0, 0.1) is 5.82 Å². The molecule has 0 aliphatic carbocycles. The van der Waals surface area contributed by atoms with E-state index in [-0.39, 0.29) is 31.4 Å². The Morgan fingerprint density at radius 3 is 2.55 bits per heavy atom. The van der Waals surface area contributed by atoms with Gasteiger partial charge in [0.1, 0.15) is 11.6 Å². The number of likely N-dealkylation sites (N-methyl/N-ethyl adjacent to an activating group) is 1. The fourth-order valence-electron chi connectivity index (χ4n) is 2.97. The van der Waals surface area contributed by atoms with Crippen molar-refractivity contribution in [3.63, 3.8) is 0 Å². The smallest absolute Gasteiger partial charge is 0.260 e. The average Bonchev–Trinajstić information content (AvgIpc) is 2.68. The minimum atomic E-state index is -0.944. The van der Waals surface area contributed by atoms with E-state index in [4.69, 9.17) is 10.5 Å². The SMILES string of the molecule is CN(CC(=O)Nc1ccc(F)cc1)CC(=O)N1CC(C(N)=O)Oc2ccccc21. The van der Waals surface area contributed by atoms with Crippen molar-refractivity contribution in [3.05, 3.63) is 54.3 Å². The zero-order valence-electron chi connectivity index (χ0n) is 15.8. The molecular weight excluding hydrogens is 379 g/mol. The molecule has 3 N–H and O–H groups in total. The number of nitrogens with one attached hydrogen (secondary N) is 1. The van der Waals surface area contributed by atoms with Gasteiger partial charge in [-0.1, -0.05) is 12.1 Å². The second-order valence-electron chi connectivity index (χ2n) is 6.71. The van der Waals surface area contributed by atoms with Crippen molar-refractivity contribution in [2.75, 3.05) is 36.9 Å². The third kappa shape index (κ3) is 5.08. The molecule has 3 amide bonds. The summed E-state index contributed by atoms with van der Waals surface area (Å²) in [6.07, 6.45) is -0.944. The van der Waals surface area contributed by atoms with Crippen LogP contribution in [0.5, 0.6) is 5.75 Å². The van der Waals surface area contributed by atoms with Gasteiger partial charge in [0.2, 0.25) is 11.8 Å². The van der Waals surface area contributed by atoms with Gasteiger partial charge in [0.15, 0.2) is 6.10 Å². The Labute approximate surface area is 167 Å². The molecule has 0 saturated carbocycles. The molecule has 1 atom stereocenters. The van der Waals surface area contributed by atoms with Gasteiger partial charge in [0, 0.05) is 5.69 Å². The molecule has 0 fully saturated rings. The fraction of sp³-hybridized carbons (Fsp3) is 0.250. The Hall–Kier alpha value is -3.46. The lowest BCUT2D eigenvalue weighted by atomic mass is 10.1. The van der Waals surface area contributed by atoms with E-state index in [0.29, 0.717) is 17.1 Å². The normalized spacial score (nSPS) is 15.4. The zero-order chi connectivity index (χ0) is 21.0. The van der Waals surface area contributed by atoms with Crippen LogP contribution in [-0.2, 0) is 14.4 Å². The van der Waals surface area contributed by atoms with E-state index in [2.05, 4.69) is 5.32 Å². The molecule has 1 aliphatic heterocycles. The molecule has 0 radical (unpaired) electrons. The van der Waals surface area contributed by atoms with Crippen LogP contribution in [0.25, 0.3) is 0 Å². The van der Waals surface area contributed by atoms with Crippen molar-refractivity contribution < 1.29 is 23.5 Å². The quantitative estimate of drug-likeness (QED) is 0.752. The summed E-state index contributed by atoms with van der Waals surface area (Å²) in [6.45, 7) is -0.105. The first-order chi connectivity index (χ1) is 13.8. The molecule has 2 aromatic rings. The van der Waals surface area contributed by atoms with Gasteiger partial charge in [0.25, 0.3) is 5.91 Å². The molecule has 1 unspecified atom stereocenters. The summed E-state index contributed by atoms with van der Waals surface area (Å²) >= 11 is 0. The van der Waals surface area contributed by atoms with E-state index in [0.717, 1.165) is 0 Å². The topological polar surface area (TPSA) is 105 Å². The number of nitrogens with zero attached hydrogens (tertiary/aromatic N) is 2. The van der Waals surface area contributed by atoms with Gasteiger partial charge in [-0.3, -0.25) is 19.3 Å². The summed E-state index contributed by atoms with van der Waals surface area (Å²) in [5, 5.41) is 2.64. The number of halogens is 1. The number of anilines is 2. The molecular formula is C20H21FN4O4. The van der Waals surface area contributed by atoms with Crippen LogP contribution in [0.4, 0.5) is 15.8 Å². The molecule has 0 bridgehead atoms. The monoisotopic (exact) mass is 400 g/mol. The van der Waals surface area contributed by atoms with E-state index in [1.807, 2.05) is 0 Å². The highest BCUT2D eigenvalue weighted by Gasteiger charge is 2.32. The molecule has 9 heteroatoms. The maximum Gasteiger partial charge on any atom is 0.260 e. The van der Waals surface area contributed by atoms with E-state index in [1.165, 1.54) is 29.2 Å². The van der Waals surface area contributed by atoms with Gasteiger partial charge >= 0.3 is 0 Å². The zero-order valence-corrected chi connectivity index (χ0v) is 15.8. The lowest BCUT2D eigenvalue weighted by Gasteiger charge is -2.34. The van der Waals surface area contributed by atoms with Crippen LogP contribution in [0.1, 0.15) is 0 Å². The van der Waals surface area contributed by atoms with Crippen molar-refractivity contribution >= 4 is 29.1 Å². The van der Waals surface area contributed by atoms with Gasteiger partial charge in [-0.25, -0.2) is 4.39 Å². The first-order valence-corrected chi connectivity index (χ1v) is 8.93. The van der Waals surface area contributed by atoms with Gasteiger partial charge in [-0.2, -0.15) is 0 Å². The summed E-state index contributed by atoms with van der Waals surface area (Å²) in [7, 11) is 1.63. The number of benzene rings is 2. The number of hydrogen-bond acceptors (Lipinski definition) is 5. The standard InChI is InChI=1S/C20H21FN4O4/c1-24(11-18(26)23-14-8-6-13(21)7-9-14)12-19(27)25-10-17(20(22)28)29-16-5-3-2-4-15(16)25/h2-9,17H,10-12H2,1H3,(H2,22,28)(H,23,26). The molecule has 152 valence electrons. The van der Waals surface area contributed by atoms with Crippen molar-refractivity contribution in [2.24, 2.45) is 5.73 Å². The molecule has 1 heterocycles. The molecule has 1 aliphatic rings. The number of amides is 3. The van der Waals surface area contributed by atoms with Crippen LogP contribution < -0.4 is 20.7 Å². The fourth-order valence-corrected chi connectivity index (χ4v) is 2.97. The predicted molar refractivity (Wildman–Crippen MR) is 105 cm³/mol. The van der Waals surface area contributed by atoms with Crippen LogP contribution >= 0.6 is 0 Å². The summed E-state index contributed by atoms with van der Waals surface area (Å²) in [5.41, 5.74) is 6.35. The van der Waals surface area contributed by atoms with E-state index >= 15 is 0 Å². The Bertz CT molecular complexity index is 919. The molecule has 0 saturated heterocycles. The van der Waals surface area contributed by atoms with Crippen LogP contribution in [0.2, 0.25) is 0 Å². The number of nitrogens with two attached hydrogens (primary N) is 1. The number of carbonyl (C=O) groups is 3. The van der Waals surface area contributed by atoms with Crippen molar-refractivity contribution in [3.8, 4) is 5.75 Å². The molecule has 8 nitrogen and oxygen atoms in total. The molecule has 0 spiro atoms. The number of primary amides is 1. The van der Waals surface area contributed by atoms with Gasteiger partial charge < -0.3 is 20.7 Å². The predicted octanol–water partition coefficient (Wildman–Crippen LogP) is 0.976. The Morgan fingerprint density at radius 2 is 1.86 bits per heavy atom. The van der Waals surface area contributed by atoms with Gasteiger partial charge in [-0.05, 0) is 43.4 Å². The number of carbonyl (C=O) groups excluding carboxylic acids is 3. The minimum absolute atomic E-state index is 0.000790. The van der Waals surface area contributed by atoms with Crippen LogP contribution in [0.3, 0.4) is 0 Å². The van der Waals surface area contributed by atoms with Crippen molar-refractivity contribution in [1.82, 2.24) is 4.90 Å².